The Labute approximate surface area is 148 Å². The van der Waals surface area contributed by atoms with Crippen LogP contribution in [0.2, 0.25) is 0 Å². The summed E-state index contributed by atoms with van der Waals surface area (Å²) in [6.45, 7) is 0. The summed E-state index contributed by atoms with van der Waals surface area (Å²) in [5, 5.41) is 10.9. The molecule has 0 saturated carbocycles. The van der Waals surface area contributed by atoms with Crippen molar-refractivity contribution in [2.45, 2.75) is 12.5 Å². The largest absolute Gasteiger partial charge is 0.257 e. The molecule has 3 heterocycles. The van der Waals surface area contributed by atoms with E-state index in [0.29, 0.717) is 0 Å². The van der Waals surface area contributed by atoms with Gasteiger partial charge in [0.15, 0.2) is 0 Å². The smallest absolute Gasteiger partial charge is 0.123 e. The maximum atomic E-state index is 13.2. The lowest BCUT2D eigenvalue weighted by atomic mass is 10.1. The molecule has 0 aliphatic carbocycles. The molecule has 1 atom stereocenters. The molecule has 0 saturated heterocycles. The number of thiophene rings is 2. The Morgan fingerprint density at radius 3 is 2.50 bits per heavy atom. The number of benzene rings is 1. The number of halogens is 1. The standard InChI is InChI=1S/C19H15FN2S2/c20-14-5-8-16(9-6-14)22-18(19-4-2-12-24-19)13-15(21-22)7-10-17-3-1-11-23-17/h1-12,18H,13H2/b10-7-. The fraction of sp³-hybridized carbons (Fsp3) is 0.105. The van der Waals surface area contributed by atoms with Crippen LogP contribution in [0.1, 0.15) is 22.2 Å². The molecule has 0 amide bonds. The van der Waals surface area contributed by atoms with Crippen LogP contribution in [-0.4, -0.2) is 5.71 Å². The van der Waals surface area contributed by atoms with Crippen molar-refractivity contribution in [1.82, 2.24) is 0 Å². The first kappa shape index (κ1) is 15.3. The number of nitrogens with zero attached hydrogens (tertiary/aromatic N) is 2. The zero-order valence-electron chi connectivity index (χ0n) is 12.8. The Balaban J connectivity index is 1.64. The lowest BCUT2D eigenvalue weighted by molar-refractivity contribution is 0.626. The van der Waals surface area contributed by atoms with Crippen molar-refractivity contribution < 1.29 is 4.39 Å². The normalized spacial score (nSPS) is 17.6. The SMILES string of the molecule is Fc1ccc(N2N=C(/C=C\c3cccs3)CC2c2cccs2)cc1. The van der Waals surface area contributed by atoms with Gasteiger partial charge in [-0.25, -0.2) is 4.39 Å². The highest BCUT2D eigenvalue weighted by molar-refractivity contribution is 7.10. The molecule has 0 spiro atoms. The average molecular weight is 354 g/mol. The quantitative estimate of drug-likeness (QED) is 0.563. The van der Waals surface area contributed by atoms with Gasteiger partial charge in [0.25, 0.3) is 0 Å². The second-order valence-electron chi connectivity index (χ2n) is 5.50. The summed E-state index contributed by atoms with van der Waals surface area (Å²) in [5.74, 6) is -0.229. The van der Waals surface area contributed by atoms with E-state index in [1.54, 1.807) is 34.8 Å². The molecule has 24 heavy (non-hydrogen) atoms. The van der Waals surface area contributed by atoms with Gasteiger partial charge in [0.2, 0.25) is 0 Å². The van der Waals surface area contributed by atoms with Crippen LogP contribution in [-0.2, 0) is 0 Å². The number of hydrogen-bond acceptors (Lipinski definition) is 4. The maximum Gasteiger partial charge on any atom is 0.123 e. The number of hydrogen-bond donors (Lipinski definition) is 0. The van der Waals surface area contributed by atoms with Gasteiger partial charge in [-0.1, -0.05) is 12.1 Å². The van der Waals surface area contributed by atoms with Crippen LogP contribution < -0.4 is 5.01 Å². The van der Waals surface area contributed by atoms with Crippen LogP contribution in [0.15, 0.2) is 70.5 Å². The van der Waals surface area contributed by atoms with Crippen molar-refractivity contribution in [3.05, 3.63) is 80.9 Å². The fourth-order valence-corrected chi connectivity index (χ4v) is 4.16. The number of anilines is 1. The van der Waals surface area contributed by atoms with E-state index in [1.807, 2.05) is 11.1 Å². The van der Waals surface area contributed by atoms with Gasteiger partial charge in [0.05, 0.1) is 17.4 Å². The van der Waals surface area contributed by atoms with Gasteiger partial charge < -0.3 is 0 Å². The molecule has 1 unspecified atom stereocenters. The van der Waals surface area contributed by atoms with Crippen LogP contribution >= 0.6 is 22.7 Å². The van der Waals surface area contributed by atoms with E-state index < -0.39 is 0 Å². The molecular formula is C19H15FN2S2. The van der Waals surface area contributed by atoms with Gasteiger partial charge >= 0.3 is 0 Å². The summed E-state index contributed by atoms with van der Waals surface area (Å²) in [5.41, 5.74) is 1.94. The lowest BCUT2D eigenvalue weighted by Gasteiger charge is -2.22. The van der Waals surface area contributed by atoms with Crippen LogP contribution in [0.3, 0.4) is 0 Å². The van der Waals surface area contributed by atoms with Crippen molar-refractivity contribution in [2.75, 3.05) is 5.01 Å². The van der Waals surface area contributed by atoms with Crippen molar-refractivity contribution >= 4 is 40.1 Å². The summed E-state index contributed by atoms with van der Waals surface area (Å²) in [6, 6.07) is 15.0. The van der Waals surface area contributed by atoms with Crippen LogP contribution in [0.5, 0.6) is 0 Å². The molecule has 3 aromatic rings. The van der Waals surface area contributed by atoms with Gasteiger partial charge in [-0.3, -0.25) is 5.01 Å². The molecule has 0 N–H and O–H groups in total. The second-order valence-corrected chi connectivity index (χ2v) is 7.45. The second kappa shape index (κ2) is 6.71. The molecule has 0 fully saturated rings. The molecule has 2 aromatic heterocycles. The number of rotatable bonds is 4. The Hall–Kier alpha value is -2.24. The Morgan fingerprint density at radius 2 is 1.79 bits per heavy atom. The first-order valence-corrected chi connectivity index (χ1v) is 9.43. The van der Waals surface area contributed by atoms with Crippen LogP contribution in [0.4, 0.5) is 10.1 Å². The fourth-order valence-electron chi connectivity index (χ4n) is 2.73. The molecule has 5 heteroatoms. The number of allylic oxidation sites excluding steroid dienone is 1. The first-order valence-electron chi connectivity index (χ1n) is 7.67. The summed E-state index contributed by atoms with van der Waals surface area (Å²) in [7, 11) is 0. The maximum absolute atomic E-state index is 13.2. The van der Waals surface area contributed by atoms with Gasteiger partial charge in [-0.15, -0.1) is 22.7 Å². The summed E-state index contributed by atoms with van der Waals surface area (Å²) < 4.78 is 13.2. The topological polar surface area (TPSA) is 15.6 Å². The predicted molar refractivity (Wildman–Crippen MR) is 101 cm³/mol. The van der Waals surface area contributed by atoms with Gasteiger partial charge in [-0.2, -0.15) is 5.10 Å². The highest BCUT2D eigenvalue weighted by atomic mass is 32.1. The van der Waals surface area contributed by atoms with Gasteiger partial charge in [-0.05, 0) is 59.3 Å². The molecule has 120 valence electrons. The third kappa shape index (κ3) is 3.18. The third-order valence-corrected chi connectivity index (χ3v) is 5.69. The van der Waals surface area contributed by atoms with Crippen molar-refractivity contribution in [1.29, 1.82) is 0 Å². The average Bonchev–Trinajstić information content (AvgIpc) is 3.34. The lowest BCUT2D eigenvalue weighted by Crippen LogP contribution is -2.17. The van der Waals surface area contributed by atoms with Gasteiger partial charge in [0.1, 0.15) is 5.82 Å². The molecule has 0 radical (unpaired) electrons. The first-order chi connectivity index (χ1) is 11.8. The summed E-state index contributed by atoms with van der Waals surface area (Å²) in [4.78, 5) is 2.48. The summed E-state index contributed by atoms with van der Waals surface area (Å²) >= 11 is 3.44. The predicted octanol–water partition coefficient (Wildman–Crippen LogP) is 5.97. The van der Waals surface area contributed by atoms with Crippen LogP contribution in [0.25, 0.3) is 6.08 Å². The van der Waals surface area contributed by atoms with E-state index in [0.717, 1.165) is 17.8 Å². The van der Waals surface area contributed by atoms with E-state index in [9.17, 15) is 4.39 Å². The Bertz CT molecular complexity index is 849. The number of hydrazone groups is 1. The highest BCUT2D eigenvalue weighted by Crippen LogP contribution is 2.37. The monoisotopic (exact) mass is 354 g/mol. The molecular weight excluding hydrogens is 339 g/mol. The minimum atomic E-state index is -0.229. The third-order valence-electron chi connectivity index (χ3n) is 3.88. The molecule has 4 rings (SSSR count). The minimum absolute atomic E-state index is 0.165. The van der Waals surface area contributed by atoms with E-state index in [1.165, 1.54) is 21.9 Å². The Morgan fingerprint density at radius 1 is 1.00 bits per heavy atom. The van der Waals surface area contributed by atoms with Crippen molar-refractivity contribution in [3.8, 4) is 0 Å². The zero-order chi connectivity index (χ0) is 16.4. The van der Waals surface area contributed by atoms with Crippen LogP contribution in [0, 0.1) is 5.82 Å². The Kier molecular flexibility index (Phi) is 4.28. The van der Waals surface area contributed by atoms with E-state index in [-0.39, 0.29) is 11.9 Å². The molecule has 1 aromatic carbocycles. The van der Waals surface area contributed by atoms with Crippen molar-refractivity contribution in [3.63, 3.8) is 0 Å². The minimum Gasteiger partial charge on any atom is -0.257 e. The molecule has 0 bridgehead atoms. The zero-order valence-corrected chi connectivity index (χ0v) is 14.4. The van der Waals surface area contributed by atoms with E-state index in [4.69, 9.17) is 5.10 Å². The summed E-state index contributed by atoms with van der Waals surface area (Å²) in [6.07, 6.45) is 5.03. The van der Waals surface area contributed by atoms with Gasteiger partial charge in [0, 0.05) is 16.2 Å². The molecule has 1 aliphatic heterocycles. The highest BCUT2D eigenvalue weighted by Gasteiger charge is 2.28. The van der Waals surface area contributed by atoms with E-state index >= 15 is 0 Å². The van der Waals surface area contributed by atoms with Crippen molar-refractivity contribution in [2.24, 2.45) is 5.10 Å². The van der Waals surface area contributed by atoms with E-state index in [2.05, 4.69) is 41.1 Å². The molecule has 1 aliphatic rings. The molecule has 2 nitrogen and oxygen atoms in total.